The molecule has 2 heterocycles. The minimum Gasteiger partial charge on any atom is -0.361 e. The summed E-state index contributed by atoms with van der Waals surface area (Å²) in [5.74, 6) is 0.788. The van der Waals surface area contributed by atoms with Gasteiger partial charge in [0.1, 0.15) is 17.1 Å². The van der Waals surface area contributed by atoms with Crippen molar-refractivity contribution in [2.75, 3.05) is 5.32 Å². The van der Waals surface area contributed by atoms with E-state index in [1.54, 1.807) is 11.3 Å². The summed E-state index contributed by atoms with van der Waals surface area (Å²) in [5, 5.41) is 10.1. The van der Waals surface area contributed by atoms with Crippen molar-refractivity contribution in [3.63, 3.8) is 0 Å². The average Bonchev–Trinajstić information content (AvgIpc) is 2.98. The van der Waals surface area contributed by atoms with E-state index in [4.69, 9.17) is 4.52 Å². The van der Waals surface area contributed by atoms with Crippen LogP contribution in [0.4, 0.5) is 10.8 Å². The smallest absolute Gasteiger partial charge is 0.187 e. The van der Waals surface area contributed by atoms with Crippen LogP contribution in [0.15, 0.2) is 40.2 Å². The molecule has 1 aromatic carbocycles. The molecule has 0 saturated carbocycles. The molecule has 0 spiro atoms. The molecule has 0 unspecified atom stereocenters. The van der Waals surface area contributed by atoms with Crippen molar-refractivity contribution in [1.82, 2.24) is 10.1 Å². The third kappa shape index (κ3) is 2.66. The molecule has 3 aromatic rings. The normalized spacial score (nSPS) is 10.6. The van der Waals surface area contributed by atoms with Gasteiger partial charge in [-0.3, -0.25) is 0 Å². The zero-order chi connectivity index (χ0) is 13.2. The number of nitrogens with one attached hydrogen (secondary N) is 1. The Labute approximate surface area is 115 Å². The molecule has 0 saturated heterocycles. The van der Waals surface area contributed by atoms with Gasteiger partial charge in [0.05, 0.1) is 0 Å². The zero-order valence-corrected chi connectivity index (χ0v) is 11.5. The largest absolute Gasteiger partial charge is 0.361 e. The van der Waals surface area contributed by atoms with Gasteiger partial charge >= 0.3 is 0 Å². The Bertz CT molecular complexity index is 702. The van der Waals surface area contributed by atoms with Crippen molar-refractivity contribution in [3.8, 4) is 11.4 Å². The molecule has 0 fully saturated rings. The van der Waals surface area contributed by atoms with Gasteiger partial charge in [0.2, 0.25) is 0 Å². The highest BCUT2D eigenvalue weighted by molar-refractivity contribution is 7.14. The fourth-order valence-corrected chi connectivity index (χ4v) is 2.51. The predicted molar refractivity (Wildman–Crippen MR) is 76.8 cm³/mol. The van der Waals surface area contributed by atoms with E-state index in [9.17, 15) is 0 Å². The Morgan fingerprint density at radius 2 is 2.05 bits per heavy atom. The molecule has 19 heavy (non-hydrogen) atoms. The third-order valence-electron chi connectivity index (χ3n) is 2.66. The fraction of sp³-hybridized carbons (Fsp3) is 0.143. The first-order valence-electron chi connectivity index (χ1n) is 5.93. The lowest BCUT2D eigenvalue weighted by atomic mass is 10.2. The average molecular weight is 271 g/mol. The van der Waals surface area contributed by atoms with Crippen LogP contribution in [-0.2, 0) is 0 Å². The van der Waals surface area contributed by atoms with Gasteiger partial charge in [0.25, 0.3) is 0 Å². The van der Waals surface area contributed by atoms with Crippen LogP contribution in [0.5, 0.6) is 0 Å². The van der Waals surface area contributed by atoms with E-state index >= 15 is 0 Å². The summed E-state index contributed by atoms with van der Waals surface area (Å²) >= 11 is 1.55. The summed E-state index contributed by atoms with van der Waals surface area (Å²) in [6.07, 6.45) is 0. The second-order valence-electron chi connectivity index (χ2n) is 4.36. The monoisotopic (exact) mass is 271 g/mol. The highest BCUT2D eigenvalue weighted by atomic mass is 32.1. The molecule has 96 valence electrons. The number of aryl methyl sites for hydroxylation is 2. The van der Waals surface area contributed by atoms with E-state index in [2.05, 4.69) is 34.5 Å². The standard InChI is InChI=1S/C14H13N3OS/c1-9-4-3-5-11(6-9)15-14-16-13(8-19-14)12-7-10(2)18-17-12/h3-8H,1-2H3,(H,15,16). The van der Waals surface area contributed by atoms with Crippen molar-refractivity contribution in [2.24, 2.45) is 0 Å². The van der Waals surface area contributed by atoms with Gasteiger partial charge < -0.3 is 9.84 Å². The van der Waals surface area contributed by atoms with Crippen LogP contribution in [0, 0.1) is 13.8 Å². The molecule has 3 rings (SSSR count). The maximum Gasteiger partial charge on any atom is 0.187 e. The first kappa shape index (κ1) is 11.9. The lowest BCUT2D eigenvalue weighted by Crippen LogP contribution is -1.89. The lowest BCUT2D eigenvalue weighted by Gasteiger charge is -2.02. The molecule has 0 aliphatic heterocycles. The number of aromatic nitrogens is 2. The number of hydrogen-bond acceptors (Lipinski definition) is 5. The molecule has 0 atom stereocenters. The van der Waals surface area contributed by atoms with E-state index in [-0.39, 0.29) is 0 Å². The van der Waals surface area contributed by atoms with Gasteiger partial charge in [0, 0.05) is 17.1 Å². The molecule has 0 amide bonds. The van der Waals surface area contributed by atoms with E-state index in [1.165, 1.54) is 5.56 Å². The predicted octanol–water partition coefficient (Wildman–Crippen LogP) is 4.16. The van der Waals surface area contributed by atoms with Crippen LogP contribution in [-0.4, -0.2) is 10.1 Å². The van der Waals surface area contributed by atoms with E-state index in [0.29, 0.717) is 0 Å². The first-order chi connectivity index (χ1) is 9.20. The van der Waals surface area contributed by atoms with Crippen LogP contribution < -0.4 is 5.32 Å². The topological polar surface area (TPSA) is 51.0 Å². The van der Waals surface area contributed by atoms with E-state index in [0.717, 1.165) is 28.0 Å². The summed E-state index contributed by atoms with van der Waals surface area (Å²) < 4.78 is 5.06. The molecule has 1 N–H and O–H groups in total. The minimum atomic E-state index is 0.769. The minimum absolute atomic E-state index is 0.769. The van der Waals surface area contributed by atoms with Crippen molar-refractivity contribution in [2.45, 2.75) is 13.8 Å². The van der Waals surface area contributed by atoms with Crippen LogP contribution in [0.1, 0.15) is 11.3 Å². The maximum absolute atomic E-state index is 5.06. The van der Waals surface area contributed by atoms with Gasteiger partial charge in [0.15, 0.2) is 5.13 Å². The van der Waals surface area contributed by atoms with E-state index in [1.807, 2.05) is 30.5 Å². The Balaban J connectivity index is 1.82. The fourth-order valence-electron chi connectivity index (χ4n) is 1.78. The molecule has 5 heteroatoms. The van der Waals surface area contributed by atoms with Crippen molar-refractivity contribution < 1.29 is 4.52 Å². The molecular formula is C14H13N3OS. The maximum atomic E-state index is 5.06. The number of benzene rings is 1. The van der Waals surface area contributed by atoms with Gasteiger partial charge in [-0.05, 0) is 31.5 Å². The summed E-state index contributed by atoms with van der Waals surface area (Å²) in [4.78, 5) is 4.50. The Hall–Kier alpha value is -2.14. The molecule has 2 aromatic heterocycles. The molecule has 0 aliphatic rings. The highest BCUT2D eigenvalue weighted by Gasteiger charge is 2.08. The summed E-state index contributed by atoms with van der Waals surface area (Å²) in [7, 11) is 0. The second-order valence-corrected chi connectivity index (χ2v) is 5.21. The van der Waals surface area contributed by atoms with Crippen molar-refractivity contribution in [3.05, 3.63) is 47.0 Å². The van der Waals surface area contributed by atoms with Gasteiger partial charge in [-0.15, -0.1) is 11.3 Å². The second kappa shape index (κ2) is 4.85. The Kier molecular flexibility index (Phi) is 3.05. The van der Waals surface area contributed by atoms with E-state index < -0.39 is 0 Å². The summed E-state index contributed by atoms with van der Waals surface area (Å²) in [5.41, 5.74) is 3.86. The van der Waals surface area contributed by atoms with Crippen LogP contribution in [0.25, 0.3) is 11.4 Å². The molecule has 0 bridgehead atoms. The number of thiazole rings is 1. The number of hydrogen-bond donors (Lipinski definition) is 1. The number of nitrogens with zero attached hydrogens (tertiary/aromatic N) is 2. The molecule has 4 nitrogen and oxygen atoms in total. The van der Waals surface area contributed by atoms with Crippen LogP contribution in [0.2, 0.25) is 0 Å². The molecule has 0 radical (unpaired) electrons. The van der Waals surface area contributed by atoms with Crippen molar-refractivity contribution in [1.29, 1.82) is 0 Å². The van der Waals surface area contributed by atoms with Gasteiger partial charge in [-0.25, -0.2) is 4.98 Å². The Morgan fingerprint density at radius 1 is 1.16 bits per heavy atom. The molecule has 0 aliphatic carbocycles. The van der Waals surface area contributed by atoms with Crippen LogP contribution in [0.3, 0.4) is 0 Å². The molecular weight excluding hydrogens is 258 g/mol. The van der Waals surface area contributed by atoms with Gasteiger partial charge in [-0.2, -0.15) is 0 Å². The van der Waals surface area contributed by atoms with Crippen molar-refractivity contribution >= 4 is 22.2 Å². The SMILES string of the molecule is Cc1cccc(Nc2nc(-c3cc(C)on3)cs2)c1. The van der Waals surface area contributed by atoms with Crippen LogP contribution >= 0.6 is 11.3 Å². The quantitative estimate of drug-likeness (QED) is 0.777. The Morgan fingerprint density at radius 3 is 2.79 bits per heavy atom. The summed E-state index contributed by atoms with van der Waals surface area (Å²) in [6, 6.07) is 10.1. The zero-order valence-electron chi connectivity index (χ0n) is 10.7. The number of anilines is 2. The highest BCUT2D eigenvalue weighted by Crippen LogP contribution is 2.26. The third-order valence-corrected chi connectivity index (χ3v) is 3.42. The lowest BCUT2D eigenvalue weighted by molar-refractivity contribution is 0.399. The number of rotatable bonds is 3. The van der Waals surface area contributed by atoms with Gasteiger partial charge in [-0.1, -0.05) is 17.3 Å². The summed E-state index contributed by atoms with van der Waals surface area (Å²) in [6.45, 7) is 3.94. The first-order valence-corrected chi connectivity index (χ1v) is 6.81.